The Balaban J connectivity index is 1.93. The van der Waals surface area contributed by atoms with E-state index in [0.717, 1.165) is 6.54 Å². The van der Waals surface area contributed by atoms with Gasteiger partial charge in [-0.1, -0.05) is 25.1 Å². The van der Waals surface area contributed by atoms with Crippen LogP contribution < -0.4 is 14.8 Å². The van der Waals surface area contributed by atoms with Gasteiger partial charge in [0.15, 0.2) is 0 Å². The summed E-state index contributed by atoms with van der Waals surface area (Å²) in [5.41, 5.74) is 0.573. The summed E-state index contributed by atoms with van der Waals surface area (Å²) >= 11 is 0. The van der Waals surface area contributed by atoms with E-state index >= 15 is 0 Å². The molecule has 0 saturated heterocycles. The molecule has 9 heteroatoms. The van der Waals surface area contributed by atoms with Crippen LogP contribution in [-0.2, 0) is 14.8 Å². The summed E-state index contributed by atoms with van der Waals surface area (Å²) in [5, 5.41) is 3.43. The molecule has 1 amide bonds. The van der Waals surface area contributed by atoms with Crippen molar-refractivity contribution >= 4 is 21.6 Å². The van der Waals surface area contributed by atoms with Crippen molar-refractivity contribution in [3.8, 4) is 5.75 Å². The summed E-state index contributed by atoms with van der Waals surface area (Å²) < 4.78 is 39.6. The van der Waals surface area contributed by atoms with E-state index in [1.54, 1.807) is 49.4 Å². The van der Waals surface area contributed by atoms with Crippen LogP contribution in [0.25, 0.3) is 0 Å². The number of amides is 1. The number of likely N-dealkylation sites (N-methyl/N-ethyl adjacent to an activating group) is 1. The van der Waals surface area contributed by atoms with E-state index in [0.29, 0.717) is 18.9 Å². The maximum Gasteiger partial charge on any atom is 0.261 e. The molecule has 0 radical (unpaired) electrons. The van der Waals surface area contributed by atoms with Crippen molar-refractivity contribution in [3.05, 3.63) is 54.1 Å². The number of sulfonamides is 1. The number of hydrogen-bond donors (Lipinski definition) is 2. The van der Waals surface area contributed by atoms with Crippen molar-refractivity contribution in [2.75, 3.05) is 38.6 Å². The lowest BCUT2D eigenvalue weighted by Crippen LogP contribution is -2.44. The van der Waals surface area contributed by atoms with Crippen molar-refractivity contribution in [2.24, 2.45) is 5.92 Å². The number of rotatable bonds is 4. The Morgan fingerprint density at radius 2 is 1.88 bits per heavy atom. The summed E-state index contributed by atoms with van der Waals surface area (Å²) in [4.78, 5) is 15.0. The Hall–Kier alpha value is -2.62. The molecule has 3 rings (SSSR count). The Morgan fingerprint density at radius 1 is 1.16 bits per heavy atom. The van der Waals surface area contributed by atoms with E-state index in [2.05, 4.69) is 17.0 Å². The van der Waals surface area contributed by atoms with Crippen LogP contribution in [0.3, 0.4) is 0 Å². The van der Waals surface area contributed by atoms with Gasteiger partial charge in [0.25, 0.3) is 15.9 Å². The van der Waals surface area contributed by atoms with Crippen molar-refractivity contribution in [1.82, 2.24) is 10.2 Å². The number of carbonyl (C=O) groups is 1. The van der Waals surface area contributed by atoms with Crippen molar-refractivity contribution in [1.29, 1.82) is 0 Å². The van der Waals surface area contributed by atoms with Crippen LogP contribution in [0.2, 0.25) is 0 Å². The molecule has 174 valence electrons. The van der Waals surface area contributed by atoms with Gasteiger partial charge in [-0.05, 0) is 43.2 Å². The highest BCUT2D eigenvalue weighted by atomic mass is 32.2. The van der Waals surface area contributed by atoms with E-state index in [9.17, 15) is 13.2 Å². The van der Waals surface area contributed by atoms with Gasteiger partial charge < -0.3 is 19.7 Å². The summed E-state index contributed by atoms with van der Waals surface area (Å²) in [6.07, 6.45) is -0.146. The van der Waals surface area contributed by atoms with Gasteiger partial charge >= 0.3 is 0 Å². The lowest BCUT2D eigenvalue weighted by molar-refractivity contribution is 0.0281. The molecule has 0 bridgehead atoms. The minimum absolute atomic E-state index is 0.0614. The smallest absolute Gasteiger partial charge is 0.261 e. The monoisotopic (exact) mass is 461 g/mol. The normalized spacial score (nSPS) is 22.8. The highest BCUT2D eigenvalue weighted by molar-refractivity contribution is 7.92. The first-order valence-corrected chi connectivity index (χ1v) is 12.1. The molecular weight excluding hydrogens is 430 g/mol. The van der Waals surface area contributed by atoms with Crippen LogP contribution in [0.5, 0.6) is 5.75 Å². The zero-order valence-corrected chi connectivity index (χ0v) is 19.7. The summed E-state index contributed by atoms with van der Waals surface area (Å²) in [7, 11) is -0.442. The number of methoxy groups -OCH3 is 1. The number of nitrogens with one attached hydrogen (secondary N) is 2. The minimum Gasteiger partial charge on any atom is -0.491 e. The summed E-state index contributed by atoms with van der Waals surface area (Å²) in [5.74, 6) is 0.317. The van der Waals surface area contributed by atoms with Crippen molar-refractivity contribution < 1.29 is 22.7 Å². The quantitative estimate of drug-likeness (QED) is 0.727. The lowest BCUT2D eigenvalue weighted by Gasteiger charge is -2.30. The third-order valence-corrected chi connectivity index (χ3v) is 6.93. The summed E-state index contributed by atoms with van der Waals surface area (Å²) in [6.45, 7) is 5.58. The predicted molar refractivity (Wildman–Crippen MR) is 124 cm³/mol. The summed E-state index contributed by atoms with van der Waals surface area (Å²) in [6, 6.07) is 12.9. The number of carbonyl (C=O) groups excluding carboxylic acids is 1. The molecule has 2 N–H and O–H groups in total. The molecule has 1 aliphatic heterocycles. The first-order chi connectivity index (χ1) is 15.2. The molecule has 0 spiro atoms. The van der Waals surface area contributed by atoms with Gasteiger partial charge in [-0.2, -0.15) is 0 Å². The molecule has 2 aromatic carbocycles. The van der Waals surface area contributed by atoms with Crippen molar-refractivity contribution in [2.45, 2.75) is 30.9 Å². The van der Waals surface area contributed by atoms with E-state index in [1.165, 1.54) is 18.2 Å². The van der Waals surface area contributed by atoms with Gasteiger partial charge in [0.2, 0.25) is 0 Å². The second kappa shape index (κ2) is 10.3. The maximum atomic E-state index is 13.3. The molecule has 2 aromatic rings. The number of ether oxygens (including phenoxy) is 2. The van der Waals surface area contributed by atoms with Gasteiger partial charge in [0.05, 0.1) is 16.6 Å². The van der Waals surface area contributed by atoms with E-state index in [-0.39, 0.29) is 40.1 Å². The SMILES string of the molecule is CO[C@@H]1CN(C)C(=O)c2cc(NS(=O)(=O)c3ccccc3)ccc2OC[C@@H](C)NC[C@@H]1C. The second-order valence-electron chi connectivity index (χ2n) is 8.19. The molecule has 0 aromatic heterocycles. The van der Waals surface area contributed by atoms with Gasteiger partial charge in [0.1, 0.15) is 12.4 Å². The number of nitrogens with zero attached hydrogens (tertiary/aromatic N) is 1. The van der Waals surface area contributed by atoms with Crippen LogP contribution in [-0.4, -0.2) is 65.2 Å². The average Bonchev–Trinajstić information content (AvgIpc) is 2.79. The van der Waals surface area contributed by atoms with Crippen molar-refractivity contribution in [3.63, 3.8) is 0 Å². The second-order valence-corrected chi connectivity index (χ2v) is 9.87. The van der Waals surface area contributed by atoms with Crippen LogP contribution in [0, 0.1) is 5.92 Å². The molecule has 1 heterocycles. The Morgan fingerprint density at radius 3 is 2.56 bits per heavy atom. The molecule has 1 aliphatic rings. The first-order valence-electron chi connectivity index (χ1n) is 10.6. The number of benzene rings is 2. The maximum absolute atomic E-state index is 13.3. The molecule has 3 atom stereocenters. The third-order valence-electron chi connectivity index (χ3n) is 5.53. The zero-order chi connectivity index (χ0) is 23.3. The van der Waals surface area contributed by atoms with E-state index < -0.39 is 10.0 Å². The fraction of sp³-hybridized carbons (Fsp3) is 0.435. The zero-order valence-electron chi connectivity index (χ0n) is 18.9. The molecule has 0 unspecified atom stereocenters. The fourth-order valence-corrected chi connectivity index (χ4v) is 4.61. The standard InChI is InChI=1S/C23H31N3O5S/c1-16-13-24-17(2)15-31-21-11-10-18(25-32(28,29)19-8-6-5-7-9-19)12-20(21)23(27)26(3)14-22(16)30-4/h5-12,16-17,22,24-25H,13-15H2,1-4H3/t16-,17+,22+/m0/s1. The van der Waals surface area contributed by atoms with Crippen LogP contribution in [0.1, 0.15) is 24.2 Å². The molecule has 8 nitrogen and oxygen atoms in total. The van der Waals surface area contributed by atoms with Gasteiger partial charge in [-0.3, -0.25) is 9.52 Å². The highest BCUT2D eigenvalue weighted by Crippen LogP contribution is 2.27. The Kier molecular flexibility index (Phi) is 7.76. The molecule has 0 aliphatic carbocycles. The van der Waals surface area contributed by atoms with E-state index in [4.69, 9.17) is 9.47 Å². The van der Waals surface area contributed by atoms with Crippen LogP contribution in [0.4, 0.5) is 5.69 Å². The molecule has 32 heavy (non-hydrogen) atoms. The number of anilines is 1. The fourth-order valence-electron chi connectivity index (χ4n) is 3.54. The first kappa shape index (κ1) is 24.0. The molecule has 0 fully saturated rings. The molecular formula is C23H31N3O5S. The lowest BCUT2D eigenvalue weighted by atomic mass is 10.0. The van der Waals surface area contributed by atoms with Gasteiger partial charge in [0, 0.05) is 39.0 Å². The number of fused-ring (bicyclic) bond motifs is 1. The van der Waals surface area contributed by atoms with Gasteiger partial charge in [-0.25, -0.2) is 8.42 Å². The van der Waals surface area contributed by atoms with Crippen LogP contribution in [0.15, 0.2) is 53.4 Å². The largest absolute Gasteiger partial charge is 0.491 e. The van der Waals surface area contributed by atoms with Gasteiger partial charge in [-0.15, -0.1) is 0 Å². The predicted octanol–water partition coefficient (Wildman–Crippen LogP) is 2.58. The van der Waals surface area contributed by atoms with E-state index in [1.807, 2.05) is 6.92 Å². The topological polar surface area (TPSA) is 97.0 Å². The number of hydrogen-bond acceptors (Lipinski definition) is 6. The Bertz CT molecular complexity index is 1030. The molecule has 0 saturated carbocycles. The highest BCUT2D eigenvalue weighted by Gasteiger charge is 2.26. The average molecular weight is 462 g/mol. The minimum atomic E-state index is -3.79. The van der Waals surface area contributed by atoms with Crippen LogP contribution >= 0.6 is 0 Å². The Labute approximate surface area is 190 Å². The third kappa shape index (κ3) is 5.79.